The Kier molecular flexibility index (Phi) is 5.39. The molecule has 1 N–H and O–H groups in total. The number of hydrogen-bond donors (Lipinski definition) is 1. The van der Waals surface area contributed by atoms with Gasteiger partial charge in [0.1, 0.15) is 0 Å². The zero-order chi connectivity index (χ0) is 12.7. The normalized spacial score (nSPS) is 11.5. The minimum Gasteiger partial charge on any atom is -0.331 e. The third-order valence-corrected chi connectivity index (χ3v) is 2.73. The van der Waals surface area contributed by atoms with Gasteiger partial charge in [-0.1, -0.05) is 36.9 Å². The molecule has 1 aromatic carbocycles. The van der Waals surface area contributed by atoms with Crippen LogP contribution in [-0.2, 0) is 6.54 Å². The second-order valence-corrected chi connectivity index (χ2v) is 5.49. The molecule has 0 atom stereocenters. The Bertz CT molecular complexity index is 333. The van der Waals surface area contributed by atoms with Crippen LogP contribution >= 0.6 is 0 Å². The van der Waals surface area contributed by atoms with Gasteiger partial charge in [-0.3, -0.25) is 0 Å². The molecule has 0 bridgehead atoms. The zero-order valence-corrected chi connectivity index (χ0v) is 11.4. The van der Waals surface area contributed by atoms with Gasteiger partial charge in [-0.25, -0.2) is 0 Å². The highest BCUT2D eigenvalue weighted by molar-refractivity contribution is 5.47. The van der Waals surface area contributed by atoms with Gasteiger partial charge < -0.3 is 9.80 Å². The van der Waals surface area contributed by atoms with Crippen LogP contribution in [0.25, 0.3) is 6.08 Å². The Morgan fingerprint density at radius 2 is 1.82 bits per heavy atom. The highest BCUT2D eigenvalue weighted by Crippen LogP contribution is 2.05. The maximum Gasteiger partial charge on any atom is 0.0792 e. The Balaban J connectivity index is 2.20. The topological polar surface area (TPSA) is 12.0 Å². The highest BCUT2D eigenvalue weighted by Gasteiger charge is 2.04. The molecule has 0 unspecified atom stereocenters. The van der Waals surface area contributed by atoms with Gasteiger partial charge >= 0.3 is 0 Å². The third-order valence-electron chi connectivity index (χ3n) is 2.73. The van der Waals surface area contributed by atoms with Gasteiger partial charge in [0.15, 0.2) is 0 Å². The molecule has 0 aromatic heterocycles. The summed E-state index contributed by atoms with van der Waals surface area (Å²) in [6, 6.07) is 8.53. The fourth-order valence-electron chi connectivity index (χ4n) is 1.68. The van der Waals surface area contributed by atoms with Gasteiger partial charge in [-0.05, 0) is 11.1 Å². The molecule has 17 heavy (non-hydrogen) atoms. The van der Waals surface area contributed by atoms with E-state index in [1.54, 1.807) is 0 Å². The number of nitrogens with one attached hydrogen (secondary N) is 1. The molecule has 0 saturated carbocycles. The Morgan fingerprint density at radius 1 is 1.18 bits per heavy atom. The van der Waals surface area contributed by atoms with E-state index in [1.165, 1.54) is 24.1 Å². The first kappa shape index (κ1) is 13.9. The van der Waals surface area contributed by atoms with Crippen molar-refractivity contribution in [2.45, 2.75) is 13.0 Å². The van der Waals surface area contributed by atoms with E-state index in [-0.39, 0.29) is 0 Å². The largest absolute Gasteiger partial charge is 0.331 e. The molecule has 0 aliphatic rings. The molecule has 0 amide bonds. The minimum atomic E-state index is 0.953. The van der Waals surface area contributed by atoms with Gasteiger partial charge in [-0.15, -0.1) is 0 Å². The maximum absolute atomic E-state index is 3.75. The van der Waals surface area contributed by atoms with Crippen molar-refractivity contribution in [3.63, 3.8) is 0 Å². The van der Waals surface area contributed by atoms with Crippen LogP contribution in [0.2, 0.25) is 0 Å². The van der Waals surface area contributed by atoms with Gasteiger partial charge in [0.05, 0.1) is 27.7 Å². The number of nitrogens with zero attached hydrogens (tertiary/aromatic N) is 1. The molecule has 1 aromatic rings. The Labute approximate surface area is 106 Å². The molecule has 0 spiro atoms. The van der Waals surface area contributed by atoms with Gasteiger partial charge in [-0.2, -0.15) is 0 Å². The van der Waals surface area contributed by atoms with E-state index < -0.39 is 0 Å². The van der Waals surface area contributed by atoms with Crippen molar-refractivity contribution in [2.75, 3.05) is 34.2 Å². The average Bonchev–Trinajstić information content (AvgIpc) is 2.28. The quantitative estimate of drug-likeness (QED) is 0.563. The van der Waals surface area contributed by atoms with Crippen molar-refractivity contribution in [3.8, 4) is 0 Å². The summed E-state index contributed by atoms with van der Waals surface area (Å²) < 4.78 is 1.04. The molecule has 2 nitrogen and oxygen atoms in total. The molecular weight excluding hydrogens is 208 g/mol. The lowest BCUT2D eigenvalue weighted by Crippen LogP contribution is -2.36. The summed E-state index contributed by atoms with van der Waals surface area (Å²) in [6.45, 7) is 7.00. The van der Waals surface area contributed by atoms with E-state index in [0.717, 1.165) is 17.6 Å². The average molecular weight is 233 g/mol. The molecule has 0 aliphatic heterocycles. The second kappa shape index (κ2) is 6.58. The lowest BCUT2D eigenvalue weighted by molar-refractivity contribution is -0.870. The number of rotatable bonds is 7. The van der Waals surface area contributed by atoms with Crippen LogP contribution in [0.5, 0.6) is 0 Å². The van der Waals surface area contributed by atoms with Crippen LogP contribution in [0, 0.1) is 0 Å². The van der Waals surface area contributed by atoms with Crippen LogP contribution in [0.4, 0.5) is 0 Å². The number of hydrogen-bond acceptors (Lipinski definition) is 1. The standard InChI is InChI=1S/C15H25N2/c1-5-14-7-9-15(10-8-14)13-16-11-6-12-17(2,3)4/h5,7-10,16H,1,6,11-13H2,2-4H3/q+1. The summed E-state index contributed by atoms with van der Waals surface area (Å²) in [7, 11) is 6.69. The van der Waals surface area contributed by atoms with Crippen molar-refractivity contribution >= 4 is 6.08 Å². The van der Waals surface area contributed by atoms with E-state index in [0.29, 0.717) is 0 Å². The summed E-state index contributed by atoms with van der Waals surface area (Å²) in [4.78, 5) is 0. The maximum atomic E-state index is 3.75. The number of quaternary nitrogens is 1. The first-order valence-electron chi connectivity index (χ1n) is 6.24. The van der Waals surface area contributed by atoms with E-state index in [9.17, 15) is 0 Å². The predicted molar refractivity (Wildman–Crippen MR) is 75.8 cm³/mol. The van der Waals surface area contributed by atoms with Crippen molar-refractivity contribution in [1.82, 2.24) is 5.32 Å². The van der Waals surface area contributed by atoms with Crippen LogP contribution in [0.15, 0.2) is 30.8 Å². The highest BCUT2D eigenvalue weighted by atomic mass is 15.3. The third kappa shape index (κ3) is 6.25. The summed E-state index contributed by atoms with van der Waals surface area (Å²) in [5, 5.41) is 3.48. The van der Waals surface area contributed by atoms with E-state index in [4.69, 9.17) is 0 Å². The lowest BCUT2D eigenvalue weighted by atomic mass is 10.1. The lowest BCUT2D eigenvalue weighted by Gasteiger charge is -2.23. The van der Waals surface area contributed by atoms with Crippen LogP contribution < -0.4 is 5.32 Å². The predicted octanol–water partition coefficient (Wildman–Crippen LogP) is 2.52. The number of benzene rings is 1. The molecule has 94 valence electrons. The second-order valence-electron chi connectivity index (χ2n) is 5.49. The smallest absolute Gasteiger partial charge is 0.0792 e. The van der Waals surface area contributed by atoms with Crippen LogP contribution in [-0.4, -0.2) is 38.7 Å². The molecular formula is C15H25N2+. The van der Waals surface area contributed by atoms with E-state index in [1.807, 2.05) is 6.08 Å². The molecule has 0 heterocycles. The van der Waals surface area contributed by atoms with Crippen LogP contribution in [0.3, 0.4) is 0 Å². The molecule has 1 rings (SSSR count). The van der Waals surface area contributed by atoms with Crippen molar-refractivity contribution in [3.05, 3.63) is 42.0 Å². The van der Waals surface area contributed by atoms with Crippen LogP contribution in [0.1, 0.15) is 17.5 Å². The summed E-state index contributed by atoms with van der Waals surface area (Å²) in [5.41, 5.74) is 2.51. The summed E-state index contributed by atoms with van der Waals surface area (Å²) in [5.74, 6) is 0. The Hall–Kier alpha value is -1.12. The summed E-state index contributed by atoms with van der Waals surface area (Å²) >= 11 is 0. The monoisotopic (exact) mass is 233 g/mol. The zero-order valence-electron chi connectivity index (χ0n) is 11.4. The van der Waals surface area contributed by atoms with Crippen molar-refractivity contribution in [1.29, 1.82) is 0 Å². The molecule has 0 saturated heterocycles. The van der Waals surface area contributed by atoms with Crippen molar-refractivity contribution < 1.29 is 4.48 Å². The minimum absolute atomic E-state index is 0.953. The van der Waals surface area contributed by atoms with Crippen molar-refractivity contribution in [2.24, 2.45) is 0 Å². The Morgan fingerprint density at radius 3 is 2.35 bits per heavy atom. The molecule has 2 heteroatoms. The van der Waals surface area contributed by atoms with Gasteiger partial charge in [0.25, 0.3) is 0 Å². The molecule has 0 radical (unpaired) electrons. The van der Waals surface area contributed by atoms with E-state index >= 15 is 0 Å². The SMILES string of the molecule is C=Cc1ccc(CNCCC[N+](C)(C)C)cc1. The van der Waals surface area contributed by atoms with Gasteiger partial charge in [0.2, 0.25) is 0 Å². The van der Waals surface area contributed by atoms with Gasteiger partial charge in [0, 0.05) is 19.5 Å². The fraction of sp³-hybridized carbons (Fsp3) is 0.467. The summed E-state index contributed by atoms with van der Waals surface area (Å²) in [6.07, 6.45) is 3.09. The molecule has 0 aliphatic carbocycles. The first-order chi connectivity index (χ1) is 8.01. The van der Waals surface area contributed by atoms with E-state index in [2.05, 4.69) is 57.3 Å². The first-order valence-corrected chi connectivity index (χ1v) is 6.24. The fourth-order valence-corrected chi connectivity index (χ4v) is 1.68. The molecule has 0 fully saturated rings.